The lowest BCUT2D eigenvalue weighted by Crippen LogP contribution is -2.32. The molecule has 1 amide bonds. The van der Waals surface area contributed by atoms with Gasteiger partial charge in [-0.1, -0.05) is 34.9 Å². The van der Waals surface area contributed by atoms with Crippen molar-refractivity contribution in [2.24, 2.45) is 0 Å². The molecule has 1 aromatic rings. The van der Waals surface area contributed by atoms with Gasteiger partial charge in [-0.3, -0.25) is 4.90 Å². The van der Waals surface area contributed by atoms with Crippen LogP contribution >= 0.6 is 0 Å². The zero-order valence-corrected chi connectivity index (χ0v) is 23.9. The van der Waals surface area contributed by atoms with Crippen molar-refractivity contribution in [3.8, 4) is 5.75 Å². The predicted molar refractivity (Wildman–Crippen MR) is 150 cm³/mol. The zero-order valence-electron chi connectivity index (χ0n) is 23.9. The quantitative estimate of drug-likeness (QED) is 0.140. The van der Waals surface area contributed by atoms with Crippen LogP contribution in [0.2, 0.25) is 0 Å². The molecule has 0 bridgehead atoms. The normalized spacial score (nSPS) is 11.4. The number of rotatable bonds is 15. The number of nitrogens with zero attached hydrogens (tertiary/aromatic N) is 1. The lowest BCUT2D eigenvalue weighted by molar-refractivity contribution is -0.145. The Hall–Kier alpha value is -3.55. The molecule has 0 saturated carbocycles. The highest BCUT2D eigenvalue weighted by molar-refractivity contribution is 5.95. The van der Waals surface area contributed by atoms with E-state index in [0.29, 0.717) is 0 Å². The molecule has 0 heterocycles. The van der Waals surface area contributed by atoms with Crippen molar-refractivity contribution in [3.05, 3.63) is 58.7 Å². The lowest BCUT2D eigenvalue weighted by Gasteiger charge is -2.24. The first-order valence-electron chi connectivity index (χ1n) is 13.0. The topological polar surface area (TPSA) is 91.4 Å². The fourth-order valence-corrected chi connectivity index (χ4v) is 3.49. The van der Waals surface area contributed by atoms with Gasteiger partial charge < -0.3 is 18.9 Å². The molecule has 0 unspecified atom stereocenters. The van der Waals surface area contributed by atoms with Gasteiger partial charge in [-0.05, 0) is 85.4 Å². The van der Waals surface area contributed by atoms with Crippen molar-refractivity contribution >= 4 is 23.7 Å². The summed E-state index contributed by atoms with van der Waals surface area (Å²) in [6.07, 6.45) is 9.65. The Balaban J connectivity index is 3.14. The second kappa shape index (κ2) is 17.8. The third kappa shape index (κ3) is 12.1. The molecular formula is C30H43NO7. The number of methoxy groups -OCH3 is 1. The number of amides is 1. The minimum absolute atomic E-state index is 0.171. The molecule has 38 heavy (non-hydrogen) atoms. The number of benzene rings is 1. The standard InChI is InChI=1S/C30H43NO7/c1-8-36-28(32)21-38-27-17-16-25(29(33)35-7)20-26(27)31(30(34)37-9-2)19-18-24(6)15-11-14-23(5)13-10-12-22(3)4/h12,14,16-18,20H,8-11,13,15,19,21H2,1-7H3/b23-14+,24-18+. The van der Waals surface area contributed by atoms with Gasteiger partial charge in [-0.2, -0.15) is 0 Å². The van der Waals surface area contributed by atoms with Crippen molar-refractivity contribution in [1.82, 2.24) is 0 Å². The molecule has 0 aromatic heterocycles. The molecule has 0 spiro atoms. The molecule has 1 aromatic carbocycles. The summed E-state index contributed by atoms with van der Waals surface area (Å²) in [5, 5.41) is 0. The summed E-state index contributed by atoms with van der Waals surface area (Å²) in [5.41, 5.74) is 4.30. The van der Waals surface area contributed by atoms with Gasteiger partial charge in [0.05, 0.1) is 31.6 Å². The van der Waals surface area contributed by atoms with E-state index in [2.05, 4.69) is 32.9 Å². The van der Waals surface area contributed by atoms with Gasteiger partial charge in [0.25, 0.3) is 0 Å². The van der Waals surface area contributed by atoms with Crippen LogP contribution in [0.3, 0.4) is 0 Å². The Morgan fingerprint density at radius 2 is 1.50 bits per heavy atom. The zero-order chi connectivity index (χ0) is 28.5. The van der Waals surface area contributed by atoms with E-state index in [1.807, 2.05) is 13.0 Å². The highest BCUT2D eigenvalue weighted by atomic mass is 16.6. The number of carbonyl (C=O) groups excluding carboxylic acids is 3. The molecule has 0 saturated heterocycles. The van der Waals surface area contributed by atoms with Crippen LogP contribution in [0.25, 0.3) is 0 Å². The van der Waals surface area contributed by atoms with Crippen molar-refractivity contribution in [2.45, 2.75) is 67.2 Å². The Morgan fingerprint density at radius 1 is 0.868 bits per heavy atom. The molecule has 1 rings (SSSR count). The Kier molecular flexibility index (Phi) is 15.2. The predicted octanol–water partition coefficient (Wildman–Crippen LogP) is 6.80. The average molecular weight is 530 g/mol. The van der Waals surface area contributed by atoms with Crippen LogP contribution in [-0.4, -0.2) is 51.5 Å². The molecule has 0 radical (unpaired) electrons. The molecule has 0 aliphatic rings. The van der Waals surface area contributed by atoms with Crippen LogP contribution in [0.5, 0.6) is 5.75 Å². The van der Waals surface area contributed by atoms with Crippen LogP contribution in [0.15, 0.2) is 53.1 Å². The molecular weight excluding hydrogens is 486 g/mol. The SMILES string of the molecule is CCOC(=O)COc1ccc(C(=O)OC)cc1N(C/C=C(\C)CC/C=C(\C)CCC=C(C)C)C(=O)OCC. The van der Waals surface area contributed by atoms with E-state index < -0.39 is 18.0 Å². The molecule has 8 heteroatoms. The van der Waals surface area contributed by atoms with Gasteiger partial charge in [-0.15, -0.1) is 0 Å². The summed E-state index contributed by atoms with van der Waals surface area (Å²) >= 11 is 0. The lowest BCUT2D eigenvalue weighted by atomic mass is 10.1. The fourth-order valence-electron chi connectivity index (χ4n) is 3.49. The van der Waals surface area contributed by atoms with Crippen LogP contribution < -0.4 is 9.64 Å². The number of hydrogen-bond donors (Lipinski definition) is 0. The largest absolute Gasteiger partial charge is 0.480 e. The van der Waals surface area contributed by atoms with Crippen LogP contribution in [0.1, 0.15) is 77.6 Å². The molecule has 8 nitrogen and oxygen atoms in total. The van der Waals surface area contributed by atoms with E-state index in [0.717, 1.165) is 31.3 Å². The Labute approximate surface area is 227 Å². The maximum absolute atomic E-state index is 12.9. The number of allylic oxidation sites excluding steroid dienone is 5. The molecule has 0 aliphatic carbocycles. The molecule has 0 fully saturated rings. The summed E-state index contributed by atoms with van der Waals surface area (Å²) in [5.74, 6) is -0.872. The summed E-state index contributed by atoms with van der Waals surface area (Å²) in [7, 11) is 1.28. The molecule has 0 N–H and O–H groups in total. The van der Waals surface area contributed by atoms with Gasteiger partial charge in [0.2, 0.25) is 0 Å². The summed E-state index contributed by atoms with van der Waals surface area (Å²) in [4.78, 5) is 38.4. The number of esters is 2. The smallest absolute Gasteiger partial charge is 0.414 e. The van der Waals surface area contributed by atoms with Gasteiger partial charge in [-0.25, -0.2) is 14.4 Å². The second-order valence-electron chi connectivity index (χ2n) is 9.04. The van der Waals surface area contributed by atoms with Gasteiger partial charge >= 0.3 is 18.0 Å². The number of anilines is 1. The first-order chi connectivity index (χ1) is 18.1. The third-order valence-corrected chi connectivity index (χ3v) is 5.55. The van der Waals surface area contributed by atoms with Crippen LogP contribution in [-0.2, 0) is 19.0 Å². The number of hydrogen-bond acceptors (Lipinski definition) is 7. The van der Waals surface area contributed by atoms with Crippen molar-refractivity contribution < 1.29 is 33.3 Å². The minimum Gasteiger partial charge on any atom is -0.480 e. The summed E-state index contributed by atoms with van der Waals surface area (Å²) < 4.78 is 20.7. The maximum atomic E-state index is 12.9. The minimum atomic E-state index is -0.602. The molecule has 0 aliphatic heterocycles. The number of ether oxygens (including phenoxy) is 4. The van der Waals surface area contributed by atoms with E-state index in [1.165, 1.54) is 41.4 Å². The molecule has 210 valence electrons. The molecule has 0 atom stereocenters. The van der Waals surface area contributed by atoms with E-state index in [1.54, 1.807) is 13.8 Å². The Morgan fingerprint density at radius 3 is 2.11 bits per heavy atom. The maximum Gasteiger partial charge on any atom is 0.414 e. The van der Waals surface area contributed by atoms with E-state index in [9.17, 15) is 14.4 Å². The number of carbonyl (C=O) groups is 3. The van der Waals surface area contributed by atoms with Crippen molar-refractivity contribution in [1.29, 1.82) is 0 Å². The second-order valence-corrected chi connectivity index (χ2v) is 9.04. The average Bonchev–Trinajstić information content (AvgIpc) is 2.87. The van der Waals surface area contributed by atoms with E-state index >= 15 is 0 Å². The van der Waals surface area contributed by atoms with E-state index in [-0.39, 0.29) is 43.4 Å². The third-order valence-electron chi connectivity index (χ3n) is 5.55. The van der Waals surface area contributed by atoms with Gasteiger partial charge in [0, 0.05) is 6.54 Å². The van der Waals surface area contributed by atoms with Crippen molar-refractivity contribution in [3.63, 3.8) is 0 Å². The highest BCUT2D eigenvalue weighted by Crippen LogP contribution is 2.31. The summed E-state index contributed by atoms with van der Waals surface area (Å²) in [6.45, 7) is 12.0. The monoisotopic (exact) mass is 529 g/mol. The van der Waals surface area contributed by atoms with Crippen LogP contribution in [0.4, 0.5) is 10.5 Å². The van der Waals surface area contributed by atoms with Crippen LogP contribution in [0, 0.1) is 0 Å². The summed E-state index contributed by atoms with van der Waals surface area (Å²) in [6, 6.07) is 4.52. The van der Waals surface area contributed by atoms with Crippen molar-refractivity contribution in [2.75, 3.05) is 38.4 Å². The highest BCUT2D eigenvalue weighted by Gasteiger charge is 2.23. The first-order valence-corrected chi connectivity index (χ1v) is 13.0. The first kappa shape index (κ1) is 32.5. The van der Waals surface area contributed by atoms with Gasteiger partial charge in [0.15, 0.2) is 6.61 Å². The Bertz CT molecular complexity index is 1020. The van der Waals surface area contributed by atoms with E-state index in [4.69, 9.17) is 18.9 Å². The fraction of sp³-hybridized carbons (Fsp3) is 0.500. The van der Waals surface area contributed by atoms with Gasteiger partial charge in [0.1, 0.15) is 5.75 Å².